The van der Waals surface area contributed by atoms with Crippen LogP contribution in [0.2, 0.25) is 0 Å². The third-order valence-corrected chi connectivity index (χ3v) is 6.87. The minimum atomic E-state index is -1.16. The number of hydrogen-bond donors (Lipinski definition) is 0. The third kappa shape index (κ3) is 2.03. The van der Waals surface area contributed by atoms with Crippen LogP contribution in [0.15, 0.2) is 48.5 Å². The predicted molar refractivity (Wildman–Crippen MR) is 96.7 cm³/mol. The number of para-hydroxylation sites is 2. The maximum absolute atomic E-state index is 12.3. The second-order valence-corrected chi connectivity index (χ2v) is 7.85. The summed E-state index contributed by atoms with van der Waals surface area (Å²) in [6.45, 7) is 0.927. The third-order valence-electron chi connectivity index (χ3n) is 4.83. The SMILES string of the molecule is O=C1OP(N2c3ccccc3C=Cc3ccccc32)N2CCC[C@@H]12. The Balaban J connectivity index is 1.70. The van der Waals surface area contributed by atoms with Gasteiger partial charge in [0.25, 0.3) is 8.45 Å². The minimum Gasteiger partial charge on any atom is -0.407 e. The molecular formula is C19H17N2O2P. The van der Waals surface area contributed by atoms with E-state index in [2.05, 4.69) is 45.8 Å². The molecule has 3 aliphatic rings. The lowest BCUT2D eigenvalue weighted by atomic mass is 10.1. The monoisotopic (exact) mass is 336 g/mol. The molecule has 2 saturated heterocycles. The van der Waals surface area contributed by atoms with Crippen molar-refractivity contribution >= 4 is 37.9 Å². The molecular weight excluding hydrogens is 319 g/mol. The number of carbonyl (C=O) groups excluding carboxylic acids is 1. The fraction of sp³-hybridized carbons (Fsp3) is 0.211. The number of benzene rings is 2. The summed E-state index contributed by atoms with van der Waals surface area (Å²) in [7, 11) is -1.16. The highest BCUT2D eigenvalue weighted by atomic mass is 31.2. The number of nitrogens with zero attached hydrogens (tertiary/aromatic N) is 2. The van der Waals surface area contributed by atoms with Crippen molar-refractivity contribution in [3.63, 3.8) is 0 Å². The van der Waals surface area contributed by atoms with Crippen LogP contribution in [0, 0.1) is 0 Å². The summed E-state index contributed by atoms with van der Waals surface area (Å²) >= 11 is 0. The molecule has 2 aromatic carbocycles. The van der Waals surface area contributed by atoms with Gasteiger partial charge in [0, 0.05) is 6.54 Å². The quantitative estimate of drug-likeness (QED) is 0.715. The maximum Gasteiger partial charge on any atom is 0.328 e. The van der Waals surface area contributed by atoms with Gasteiger partial charge in [0.2, 0.25) is 0 Å². The van der Waals surface area contributed by atoms with Gasteiger partial charge in [-0.15, -0.1) is 0 Å². The Kier molecular flexibility index (Phi) is 3.22. The van der Waals surface area contributed by atoms with Crippen LogP contribution < -0.4 is 4.67 Å². The predicted octanol–water partition coefficient (Wildman–Crippen LogP) is 4.56. The first-order chi connectivity index (χ1) is 11.8. The van der Waals surface area contributed by atoms with E-state index in [0.717, 1.165) is 41.9 Å². The van der Waals surface area contributed by atoms with E-state index in [9.17, 15) is 4.79 Å². The van der Waals surface area contributed by atoms with Gasteiger partial charge in [-0.2, -0.15) is 0 Å². The molecule has 5 rings (SSSR count). The highest BCUT2D eigenvalue weighted by molar-refractivity contribution is 7.53. The van der Waals surface area contributed by atoms with Gasteiger partial charge in [-0.3, -0.25) is 9.46 Å². The number of hydrogen-bond acceptors (Lipinski definition) is 4. The fourth-order valence-corrected chi connectivity index (χ4v) is 5.87. The van der Waals surface area contributed by atoms with Gasteiger partial charge in [-0.1, -0.05) is 48.6 Å². The zero-order valence-electron chi connectivity index (χ0n) is 13.1. The lowest BCUT2D eigenvalue weighted by molar-refractivity contribution is -0.134. The number of anilines is 2. The van der Waals surface area contributed by atoms with Crippen LogP contribution in [-0.2, 0) is 9.32 Å². The molecule has 0 spiro atoms. The van der Waals surface area contributed by atoms with E-state index in [1.807, 2.05) is 24.3 Å². The van der Waals surface area contributed by atoms with Crippen LogP contribution in [-0.4, -0.2) is 23.2 Å². The lowest BCUT2D eigenvalue weighted by Gasteiger charge is -2.33. The first-order valence-electron chi connectivity index (χ1n) is 8.27. The molecule has 120 valence electrons. The summed E-state index contributed by atoms with van der Waals surface area (Å²) in [5.74, 6) is -0.0641. The second-order valence-electron chi connectivity index (χ2n) is 6.25. The molecule has 24 heavy (non-hydrogen) atoms. The van der Waals surface area contributed by atoms with Crippen molar-refractivity contribution in [1.82, 2.24) is 4.67 Å². The van der Waals surface area contributed by atoms with Crippen LogP contribution in [0.1, 0.15) is 24.0 Å². The van der Waals surface area contributed by atoms with Crippen molar-refractivity contribution in [3.8, 4) is 0 Å². The lowest BCUT2D eigenvalue weighted by Crippen LogP contribution is -2.26. The maximum atomic E-state index is 12.3. The van der Waals surface area contributed by atoms with Gasteiger partial charge in [-0.05, 0) is 36.1 Å². The van der Waals surface area contributed by atoms with Crippen molar-refractivity contribution in [2.45, 2.75) is 18.9 Å². The van der Waals surface area contributed by atoms with Crippen molar-refractivity contribution < 1.29 is 9.32 Å². The summed E-state index contributed by atoms with van der Waals surface area (Å²) in [6, 6.07) is 16.6. The standard InChI is InChI=1S/C19H17N2O2P/c22-19-18-10-5-13-20(18)24(23-19)21-16-8-3-1-6-14(16)11-12-15-7-2-4-9-17(15)21/h1-4,6-9,11-12,18H,5,10,13H2/t18-,24?/m0/s1. The topological polar surface area (TPSA) is 32.8 Å². The summed E-state index contributed by atoms with van der Waals surface area (Å²) < 4.78 is 10.4. The molecule has 0 aliphatic carbocycles. The van der Waals surface area contributed by atoms with E-state index in [1.165, 1.54) is 0 Å². The number of fused-ring (bicyclic) bond motifs is 3. The molecule has 1 unspecified atom stereocenters. The zero-order chi connectivity index (χ0) is 16.1. The van der Waals surface area contributed by atoms with Crippen LogP contribution in [0.3, 0.4) is 0 Å². The Bertz CT molecular complexity index is 801. The first kappa shape index (κ1) is 14.2. The van der Waals surface area contributed by atoms with Crippen molar-refractivity contribution in [1.29, 1.82) is 0 Å². The van der Waals surface area contributed by atoms with E-state index in [1.54, 1.807) is 0 Å². The molecule has 2 atom stereocenters. The van der Waals surface area contributed by atoms with Gasteiger partial charge < -0.3 is 4.52 Å². The van der Waals surface area contributed by atoms with E-state index >= 15 is 0 Å². The average molecular weight is 336 g/mol. The number of rotatable bonds is 1. The van der Waals surface area contributed by atoms with E-state index < -0.39 is 8.45 Å². The molecule has 5 heteroatoms. The summed E-state index contributed by atoms with van der Waals surface area (Å²) in [4.78, 5) is 12.3. The molecule has 0 radical (unpaired) electrons. The van der Waals surface area contributed by atoms with Crippen molar-refractivity contribution in [2.75, 3.05) is 11.2 Å². The molecule has 2 aromatic rings. The smallest absolute Gasteiger partial charge is 0.328 e. The van der Waals surface area contributed by atoms with Gasteiger partial charge in [0.15, 0.2) is 0 Å². The first-order valence-corrected chi connectivity index (χ1v) is 9.44. The summed E-state index contributed by atoms with van der Waals surface area (Å²) in [6.07, 6.45) is 6.26. The largest absolute Gasteiger partial charge is 0.407 e. The second kappa shape index (κ2) is 5.44. The van der Waals surface area contributed by atoms with Crippen molar-refractivity contribution in [2.24, 2.45) is 0 Å². The fourth-order valence-electron chi connectivity index (χ4n) is 3.68. The molecule has 4 nitrogen and oxygen atoms in total. The molecule has 3 aliphatic heterocycles. The van der Waals surface area contributed by atoms with E-state index in [-0.39, 0.29) is 12.0 Å². The van der Waals surface area contributed by atoms with Gasteiger partial charge in [0.1, 0.15) is 6.04 Å². The molecule has 3 heterocycles. The summed E-state index contributed by atoms with van der Waals surface area (Å²) in [5.41, 5.74) is 4.50. The molecule has 0 bridgehead atoms. The Morgan fingerprint density at radius 3 is 2.25 bits per heavy atom. The van der Waals surface area contributed by atoms with E-state index in [4.69, 9.17) is 4.52 Å². The van der Waals surface area contributed by atoms with Crippen LogP contribution in [0.5, 0.6) is 0 Å². The molecule has 0 N–H and O–H groups in total. The Morgan fingerprint density at radius 1 is 0.958 bits per heavy atom. The number of carbonyl (C=O) groups is 1. The van der Waals surface area contributed by atoms with E-state index in [0.29, 0.717) is 0 Å². The highest BCUT2D eigenvalue weighted by Gasteiger charge is 2.50. The molecule has 0 saturated carbocycles. The van der Waals surface area contributed by atoms with Gasteiger partial charge in [0.05, 0.1) is 11.4 Å². The molecule has 0 aromatic heterocycles. The minimum absolute atomic E-state index is 0.0633. The molecule has 2 fully saturated rings. The van der Waals surface area contributed by atoms with Crippen molar-refractivity contribution in [3.05, 3.63) is 59.7 Å². The normalized spacial score (nSPS) is 25.0. The zero-order valence-corrected chi connectivity index (χ0v) is 14.0. The van der Waals surface area contributed by atoms with Crippen LogP contribution >= 0.6 is 8.45 Å². The summed E-state index contributed by atoms with van der Waals surface area (Å²) in [5, 5.41) is 0. The average Bonchev–Trinajstić information content (AvgIpc) is 3.16. The highest BCUT2D eigenvalue weighted by Crippen LogP contribution is 2.61. The Morgan fingerprint density at radius 2 is 1.58 bits per heavy atom. The van der Waals surface area contributed by atoms with Crippen LogP contribution in [0.25, 0.3) is 12.2 Å². The van der Waals surface area contributed by atoms with Gasteiger partial charge >= 0.3 is 5.97 Å². The van der Waals surface area contributed by atoms with Crippen LogP contribution in [0.4, 0.5) is 11.4 Å². The van der Waals surface area contributed by atoms with Gasteiger partial charge in [-0.25, -0.2) is 4.67 Å². The Hall–Kier alpha value is -2.16. The Labute approximate surface area is 142 Å². The molecule has 0 amide bonds.